The Morgan fingerprint density at radius 3 is 2.85 bits per heavy atom. The fourth-order valence-corrected chi connectivity index (χ4v) is 2.56. The van der Waals surface area contributed by atoms with Gasteiger partial charge in [-0.15, -0.1) is 0 Å². The third kappa shape index (κ3) is 3.26. The van der Waals surface area contributed by atoms with Gasteiger partial charge in [0.1, 0.15) is 6.04 Å². The zero-order valence-corrected chi connectivity index (χ0v) is 12.9. The van der Waals surface area contributed by atoms with E-state index in [1.807, 2.05) is 35.9 Å². The van der Waals surface area contributed by atoms with Crippen LogP contribution in [-0.4, -0.2) is 32.6 Å². The van der Waals surface area contributed by atoms with Crippen molar-refractivity contribution in [3.8, 4) is 0 Å². The van der Waals surface area contributed by atoms with Crippen LogP contribution in [0.5, 0.6) is 0 Å². The Morgan fingerprint density at radius 2 is 2.30 bits per heavy atom. The molecule has 1 heterocycles. The summed E-state index contributed by atoms with van der Waals surface area (Å²) in [7, 11) is 3.69. The van der Waals surface area contributed by atoms with Crippen molar-refractivity contribution in [3.63, 3.8) is 0 Å². The topological polar surface area (TPSA) is 58.4 Å². The van der Waals surface area contributed by atoms with Crippen molar-refractivity contribution in [2.24, 2.45) is 7.05 Å². The van der Waals surface area contributed by atoms with E-state index >= 15 is 0 Å². The zero-order chi connectivity index (χ0) is 14.7. The molecule has 0 unspecified atom stereocenters. The van der Waals surface area contributed by atoms with Crippen LogP contribution in [0.15, 0.2) is 41.3 Å². The van der Waals surface area contributed by atoms with E-state index in [-0.39, 0.29) is 0 Å². The van der Waals surface area contributed by atoms with Crippen LogP contribution in [0.1, 0.15) is 17.3 Å². The number of carboxylic acids is 1. The summed E-state index contributed by atoms with van der Waals surface area (Å²) in [5.41, 5.74) is 1.71. The molecule has 1 aromatic heterocycles. The van der Waals surface area contributed by atoms with Crippen molar-refractivity contribution in [3.05, 3.63) is 52.5 Å². The lowest BCUT2D eigenvalue weighted by Gasteiger charge is -2.25. The molecule has 0 aliphatic heterocycles. The molecule has 106 valence electrons. The zero-order valence-electron chi connectivity index (χ0n) is 11.3. The minimum Gasteiger partial charge on any atom is -0.480 e. The second-order valence-electron chi connectivity index (χ2n) is 4.71. The Bertz CT molecular complexity index is 612. The van der Waals surface area contributed by atoms with E-state index in [4.69, 9.17) is 0 Å². The first kappa shape index (κ1) is 14.7. The maximum absolute atomic E-state index is 11.6. The average Bonchev–Trinajstić information content (AvgIpc) is 2.74. The average molecular weight is 338 g/mol. The lowest BCUT2D eigenvalue weighted by molar-refractivity contribution is -0.143. The van der Waals surface area contributed by atoms with Crippen LogP contribution in [0.3, 0.4) is 0 Å². The number of rotatable bonds is 5. The maximum atomic E-state index is 11.6. The Kier molecular flexibility index (Phi) is 4.57. The number of carbonyl (C=O) groups is 1. The number of hydrogen-bond donors (Lipinski definition) is 1. The predicted octanol–water partition coefficient (Wildman–Crippen LogP) is 2.44. The number of benzene rings is 1. The van der Waals surface area contributed by atoms with Crippen LogP contribution in [-0.2, 0) is 18.4 Å². The van der Waals surface area contributed by atoms with Gasteiger partial charge in [-0.1, -0.05) is 28.1 Å². The lowest BCUT2D eigenvalue weighted by atomic mass is 10.1. The van der Waals surface area contributed by atoms with Crippen molar-refractivity contribution in [2.75, 3.05) is 7.05 Å². The van der Waals surface area contributed by atoms with Crippen LogP contribution in [0, 0.1) is 0 Å². The van der Waals surface area contributed by atoms with Crippen molar-refractivity contribution in [1.82, 2.24) is 14.5 Å². The SMILES string of the molecule is CN(Cc1cncn1C)[C@@H](C(=O)O)c1cccc(Br)c1. The first-order chi connectivity index (χ1) is 9.49. The van der Waals surface area contributed by atoms with Gasteiger partial charge in [0.15, 0.2) is 0 Å². The van der Waals surface area contributed by atoms with Crippen molar-refractivity contribution in [2.45, 2.75) is 12.6 Å². The van der Waals surface area contributed by atoms with Crippen LogP contribution < -0.4 is 0 Å². The number of imidazole rings is 1. The van der Waals surface area contributed by atoms with Crippen LogP contribution in [0.4, 0.5) is 0 Å². The molecule has 0 aliphatic carbocycles. The highest BCUT2D eigenvalue weighted by molar-refractivity contribution is 9.10. The van der Waals surface area contributed by atoms with E-state index in [1.165, 1.54) is 0 Å². The smallest absolute Gasteiger partial charge is 0.325 e. The van der Waals surface area contributed by atoms with Gasteiger partial charge in [0, 0.05) is 24.3 Å². The van der Waals surface area contributed by atoms with Crippen molar-refractivity contribution in [1.29, 1.82) is 0 Å². The largest absolute Gasteiger partial charge is 0.480 e. The molecule has 0 aliphatic rings. The number of aliphatic carboxylic acids is 1. The normalized spacial score (nSPS) is 12.6. The van der Waals surface area contributed by atoms with Gasteiger partial charge in [-0.05, 0) is 24.7 Å². The molecule has 0 fully saturated rings. The highest BCUT2D eigenvalue weighted by Gasteiger charge is 2.25. The highest BCUT2D eigenvalue weighted by Crippen LogP contribution is 2.24. The quantitative estimate of drug-likeness (QED) is 0.910. The Hall–Kier alpha value is -1.66. The summed E-state index contributed by atoms with van der Waals surface area (Å²) in [5.74, 6) is -0.868. The van der Waals surface area contributed by atoms with E-state index in [2.05, 4.69) is 20.9 Å². The van der Waals surface area contributed by atoms with E-state index < -0.39 is 12.0 Å². The van der Waals surface area contributed by atoms with Gasteiger partial charge in [-0.25, -0.2) is 4.98 Å². The van der Waals surface area contributed by atoms with Gasteiger partial charge >= 0.3 is 5.97 Å². The molecule has 1 N–H and O–H groups in total. The first-order valence-electron chi connectivity index (χ1n) is 6.12. The number of nitrogens with zero attached hydrogens (tertiary/aromatic N) is 3. The molecule has 6 heteroatoms. The minimum atomic E-state index is -0.868. The summed E-state index contributed by atoms with van der Waals surface area (Å²) in [6, 6.07) is 6.68. The second-order valence-corrected chi connectivity index (χ2v) is 5.62. The molecule has 2 aromatic rings. The van der Waals surface area contributed by atoms with Gasteiger partial charge in [-0.3, -0.25) is 9.69 Å². The summed E-state index contributed by atoms with van der Waals surface area (Å²) in [4.78, 5) is 17.4. The number of hydrogen-bond acceptors (Lipinski definition) is 3. The fraction of sp³-hybridized carbons (Fsp3) is 0.286. The molecule has 0 radical (unpaired) electrons. The summed E-state index contributed by atoms with van der Waals surface area (Å²) in [5, 5.41) is 9.51. The summed E-state index contributed by atoms with van der Waals surface area (Å²) >= 11 is 3.38. The molecule has 1 aromatic carbocycles. The third-order valence-electron chi connectivity index (χ3n) is 3.17. The highest BCUT2D eigenvalue weighted by atomic mass is 79.9. The summed E-state index contributed by atoms with van der Waals surface area (Å²) < 4.78 is 2.76. The molecular weight excluding hydrogens is 322 g/mol. The van der Waals surface area contributed by atoms with E-state index in [1.54, 1.807) is 24.5 Å². The molecule has 5 nitrogen and oxygen atoms in total. The minimum absolute atomic E-state index is 0.514. The Labute approximate surface area is 126 Å². The van der Waals surface area contributed by atoms with Gasteiger partial charge in [0.25, 0.3) is 0 Å². The van der Waals surface area contributed by atoms with E-state index in [0.717, 1.165) is 15.7 Å². The summed E-state index contributed by atoms with van der Waals surface area (Å²) in [6.45, 7) is 0.514. The number of likely N-dealkylation sites (N-methyl/N-ethyl adjacent to an activating group) is 1. The standard InChI is InChI=1S/C14H16BrN3O2/c1-17(8-12-7-16-9-18(12)2)13(14(19)20)10-4-3-5-11(15)6-10/h3-7,9,13H,8H2,1-2H3,(H,19,20)/t13-/m1/s1. The maximum Gasteiger partial charge on any atom is 0.325 e. The number of aryl methyl sites for hydroxylation is 1. The van der Waals surface area contributed by atoms with Crippen LogP contribution >= 0.6 is 15.9 Å². The van der Waals surface area contributed by atoms with E-state index in [0.29, 0.717) is 6.54 Å². The van der Waals surface area contributed by atoms with Crippen molar-refractivity contribution < 1.29 is 9.90 Å². The van der Waals surface area contributed by atoms with Crippen molar-refractivity contribution >= 4 is 21.9 Å². The Morgan fingerprint density at radius 1 is 1.55 bits per heavy atom. The molecule has 20 heavy (non-hydrogen) atoms. The molecule has 2 rings (SSSR count). The number of carboxylic acid groups (broad SMARTS) is 1. The third-order valence-corrected chi connectivity index (χ3v) is 3.66. The molecular formula is C14H16BrN3O2. The van der Waals surface area contributed by atoms with Crippen LogP contribution in [0.2, 0.25) is 0 Å². The fourth-order valence-electron chi connectivity index (χ4n) is 2.15. The van der Waals surface area contributed by atoms with Gasteiger partial charge in [0.05, 0.1) is 12.0 Å². The number of aromatic nitrogens is 2. The molecule has 0 amide bonds. The monoisotopic (exact) mass is 337 g/mol. The second kappa shape index (κ2) is 6.19. The molecule has 0 bridgehead atoms. The molecule has 0 spiro atoms. The first-order valence-corrected chi connectivity index (χ1v) is 6.92. The summed E-state index contributed by atoms with van der Waals surface area (Å²) in [6.07, 6.45) is 3.45. The van der Waals surface area contributed by atoms with Gasteiger partial charge in [0.2, 0.25) is 0 Å². The van der Waals surface area contributed by atoms with Gasteiger partial charge < -0.3 is 9.67 Å². The van der Waals surface area contributed by atoms with E-state index in [9.17, 15) is 9.90 Å². The lowest BCUT2D eigenvalue weighted by Crippen LogP contribution is -2.31. The van der Waals surface area contributed by atoms with Crippen LogP contribution in [0.25, 0.3) is 0 Å². The predicted molar refractivity (Wildman–Crippen MR) is 79.2 cm³/mol. The number of halogens is 1. The Balaban J connectivity index is 2.25. The molecule has 1 atom stereocenters. The molecule has 0 saturated heterocycles. The van der Waals surface area contributed by atoms with Gasteiger partial charge in [-0.2, -0.15) is 0 Å². The molecule has 0 saturated carbocycles.